The highest BCUT2D eigenvalue weighted by Gasteiger charge is 2.24. The maximum absolute atomic E-state index is 12.9. The van der Waals surface area contributed by atoms with Gasteiger partial charge in [-0.15, -0.1) is 0 Å². The number of carbonyl (C=O) groups excluding carboxylic acids is 1. The van der Waals surface area contributed by atoms with Gasteiger partial charge in [0.05, 0.1) is 0 Å². The zero-order chi connectivity index (χ0) is 20.3. The first-order valence-electron chi connectivity index (χ1n) is 10.1. The number of benzene rings is 1. The number of nitrogens with zero attached hydrogens (tertiary/aromatic N) is 3. The molecule has 1 fully saturated rings. The van der Waals surface area contributed by atoms with Gasteiger partial charge in [-0.05, 0) is 47.2 Å². The number of nitrogens with one attached hydrogen (secondary N) is 1. The second-order valence-electron chi connectivity index (χ2n) is 7.69. The van der Waals surface area contributed by atoms with Crippen molar-refractivity contribution in [3.63, 3.8) is 0 Å². The van der Waals surface area contributed by atoms with E-state index in [1.807, 2.05) is 60.2 Å². The summed E-state index contributed by atoms with van der Waals surface area (Å²) in [5, 5.41) is 7.12. The molecule has 3 heterocycles. The van der Waals surface area contributed by atoms with Crippen molar-refractivity contribution in [1.82, 2.24) is 19.9 Å². The molecule has 0 unspecified atom stereocenters. The first kappa shape index (κ1) is 18.8. The summed E-state index contributed by atoms with van der Waals surface area (Å²) in [7, 11) is 0. The Kier molecular flexibility index (Phi) is 5.15. The van der Waals surface area contributed by atoms with Crippen molar-refractivity contribution in [3.8, 4) is 22.5 Å². The van der Waals surface area contributed by atoms with E-state index in [-0.39, 0.29) is 5.91 Å². The molecule has 1 N–H and O–H groups in total. The van der Waals surface area contributed by atoms with Crippen molar-refractivity contribution in [2.24, 2.45) is 5.92 Å². The zero-order valence-corrected chi connectivity index (χ0v) is 17.3. The molecule has 6 heteroatoms. The van der Waals surface area contributed by atoms with Crippen molar-refractivity contribution >= 4 is 17.2 Å². The third-order valence-corrected chi connectivity index (χ3v) is 6.06. The van der Waals surface area contributed by atoms with Crippen LogP contribution in [0.4, 0.5) is 0 Å². The second kappa shape index (κ2) is 8.24. The Bertz CT molecular complexity index is 1130. The lowest BCUT2D eigenvalue weighted by Crippen LogP contribution is -2.25. The molecular weight excluding hydrogens is 392 g/mol. The average molecular weight is 415 g/mol. The Morgan fingerprint density at radius 3 is 2.57 bits per heavy atom. The second-order valence-corrected chi connectivity index (χ2v) is 8.47. The monoisotopic (exact) mass is 414 g/mol. The van der Waals surface area contributed by atoms with Crippen molar-refractivity contribution in [3.05, 3.63) is 83.1 Å². The van der Waals surface area contributed by atoms with Gasteiger partial charge in [-0.2, -0.15) is 11.3 Å². The lowest BCUT2D eigenvalue weighted by atomic mass is 10.1. The van der Waals surface area contributed by atoms with E-state index in [1.54, 1.807) is 11.3 Å². The minimum absolute atomic E-state index is 0.0464. The number of aromatic nitrogens is 3. The summed E-state index contributed by atoms with van der Waals surface area (Å²) in [5.41, 5.74) is 4.69. The number of hydrogen-bond donors (Lipinski definition) is 1. The molecule has 0 bridgehead atoms. The Morgan fingerprint density at radius 1 is 1.07 bits per heavy atom. The summed E-state index contributed by atoms with van der Waals surface area (Å²) >= 11 is 1.64. The van der Waals surface area contributed by atoms with E-state index in [2.05, 4.69) is 31.4 Å². The van der Waals surface area contributed by atoms with Gasteiger partial charge in [0, 0.05) is 48.4 Å². The molecule has 30 heavy (non-hydrogen) atoms. The first-order chi connectivity index (χ1) is 14.8. The smallest absolute Gasteiger partial charge is 0.268 e. The molecule has 150 valence electrons. The van der Waals surface area contributed by atoms with E-state index in [0.717, 1.165) is 28.8 Å². The summed E-state index contributed by atoms with van der Waals surface area (Å²) in [6.45, 7) is 1.42. The van der Waals surface area contributed by atoms with Crippen LogP contribution < -0.4 is 5.32 Å². The molecule has 0 aliphatic heterocycles. The molecule has 1 amide bonds. The molecule has 1 saturated carbocycles. The van der Waals surface area contributed by atoms with E-state index < -0.39 is 0 Å². The largest absolute Gasteiger partial charge is 0.347 e. The summed E-state index contributed by atoms with van der Waals surface area (Å²) < 4.78 is 2.08. The van der Waals surface area contributed by atoms with Crippen LogP contribution in [0.25, 0.3) is 22.5 Å². The van der Waals surface area contributed by atoms with Crippen LogP contribution in [0.3, 0.4) is 0 Å². The molecule has 1 aliphatic carbocycles. The van der Waals surface area contributed by atoms with Crippen LogP contribution in [0, 0.1) is 5.92 Å². The molecule has 5 nitrogen and oxygen atoms in total. The van der Waals surface area contributed by atoms with Gasteiger partial charge in [0.2, 0.25) is 0 Å². The van der Waals surface area contributed by atoms with Gasteiger partial charge in [0.25, 0.3) is 5.91 Å². The predicted molar refractivity (Wildman–Crippen MR) is 119 cm³/mol. The Morgan fingerprint density at radius 2 is 1.87 bits per heavy atom. The lowest BCUT2D eigenvalue weighted by Gasteiger charge is -2.08. The predicted octanol–water partition coefficient (Wildman–Crippen LogP) is 5.01. The molecule has 0 spiro atoms. The molecule has 5 rings (SSSR count). The maximum atomic E-state index is 12.9. The summed E-state index contributed by atoms with van der Waals surface area (Å²) in [6.07, 6.45) is 8.19. The van der Waals surface area contributed by atoms with E-state index >= 15 is 0 Å². The first-order valence-corrected chi connectivity index (χ1v) is 11.1. The van der Waals surface area contributed by atoms with Gasteiger partial charge in [0.1, 0.15) is 5.69 Å². The van der Waals surface area contributed by atoms with Crippen molar-refractivity contribution in [2.75, 3.05) is 0 Å². The quantitative estimate of drug-likeness (QED) is 0.462. The lowest BCUT2D eigenvalue weighted by molar-refractivity contribution is 0.0941. The Balaban J connectivity index is 1.39. The highest BCUT2D eigenvalue weighted by molar-refractivity contribution is 7.07. The normalized spacial score (nSPS) is 13.3. The molecule has 1 aliphatic rings. The zero-order valence-electron chi connectivity index (χ0n) is 16.5. The van der Waals surface area contributed by atoms with Gasteiger partial charge >= 0.3 is 0 Å². The van der Waals surface area contributed by atoms with E-state index in [1.165, 1.54) is 12.8 Å². The van der Waals surface area contributed by atoms with Crippen molar-refractivity contribution in [1.29, 1.82) is 0 Å². The number of rotatable bonds is 7. The number of amides is 1. The fourth-order valence-electron chi connectivity index (χ4n) is 3.47. The maximum Gasteiger partial charge on any atom is 0.268 e. The fourth-order valence-corrected chi connectivity index (χ4v) is 4.14. The molecular formula is C24H22N4OS. The SMILES string of the molecule is O=C(NCc1ccsc1)c1cc(-c2cnc(-c3ccccc3)nc2)cn1CC1CC1. The van der Waals surface area contributed by atoms with Gasteiger partial charge in [-0.1, -0.05) is 30.3 Å². The van der Waals surface area contributed by atoms with Crippen LogP contribution in [0.15, 0.2) is 71.8 Å². The number of carbonyl (C=O) groups is 1. The average Bonchev–Trinajstić information content (AvgIpc) is 3.27. The van der Waals surface area contributed by atoms with Crippen LogP contribution >= 0.6 is 11.3 Å². The van der Waals surface area contributed by atoms with Gasteiger partial charge in [-0.3, -0.25) is 4.79 Å². The highest BCUT2D eigenvalue weighted by atomic mass is 32.1. The summed E-state index contributed by atoms with van der Waals surface area (Å²) in [4.78, 5) is 22.0. The van der Waals surface area contributed by atoms with Crippen molar-refractivity contribution in [2.45, 2.75) is 25.9 Å². The fraction of sp³-hybridized carbons (Fsp3) is 0.208. The topological polar surface area (TPSA) is 59.8 Å². The third kappa shape index (κ3) is 4.19. The minimum atomic E-state index is -0.0464. The van der Waals surface area contributed by atoms with Crippen LogP contribution in [0.2, 0.25) is 0 Å². The molecule has 0 saturated heterocycles. The van der Waals surface area contributed by atoms with E-state index in [9.17, 15) is 4.79 Å². The number of thiophene rings is 1. The van der Waals surface area contributed by atoms with E-state index in [0.29, 0.717) is 24.0 Å². The Labute approximate surface area is 179 Å². The third-order valence-electron chi connectivity index (χ3n) is 5.33. The van der Waals surface area contributed by atoms with Crippen LogP contribution in [0.1, 0.15) is 28.9 Å². The number of hydrogen-bond acceptors (Lipinski definition) is 4. The van der Waals surface area contributed by atoms with E-state index in [4.69, 9.17) is 0 Å². The van der Waals surface area contributed by atoms with Gasteiger partial charge in [-0.25, -0.2) is 9.97 Å². The standard InChI is InChI=1S/C24H22N4OS/c29-24(27-11-18-8-9-30-16-18)22-10-20(15-28(22)14-17-6-7-17)21-12-25-23(26-13-21)19-4-2-1-3-5-19/h1-5,8-10,12-13,15-17H,6-7,11,14H2,(H,27,29). The molecule has 0 atom stereocenters. The van der Waals surface area contributed by atoms with Crippen molar-refractivity contribution < 1.29 is 4.79 Å². The van der Waals surface area contributed by atoms with Crippen LogP contribution in [-0.4, -0.2) is 20.4 Å². The summed E-state index contributed by atoms with van der Waals surface area (Å²) in [5.74, 6) is 1.32. The molecule has 1 aromatic carbocycles. The van der Waals surface area contributed by atoms with Gasteiger partial charge < -0.3 is 9.88 Å². The highest BCUT2D eigenvalue weighted by Crippen LogP contribution is 2.32. The molecule has 3 aromatic heterocycles. The summed E-state index contributed by atoms with van der Waals surface area (Å²) in [6, 6.07) is 13.9. The van der Waals surface area contributed by atoms with Crippen LogP contribution in [-0.2, 0) is 13.1 Å². The Hall–Kier alpha value is -3.25. The molecule has 0 radical (unpaired) electrons. The minimum Gasteiger partial charge on any atom is -0.347 e. The van der Waals surface area contributed by atoms with Gasteiger partial charge in [0.15, 0.2) is 5.82 Å². The van der Waals surface area contributed by atoms with Crippen LogP contribution in [0.5, 0.6) is 0 Å². The molecule has 4 aromatic rings.